The van der Waals surface area contributed by atoms with Crippen LogP contribution in [0.5, 0.6) is 0 Å². The second-order valence-electron chi connectivity index (χ2n) is 18.8. The van der Waals surface area contributed by atoms with Crippen LogP contribution >= 0.6 is 0 Å². The van der Waals surface area contributed by atoms with Crippen molar-refractivity contribution < 1.29 is 0 Å². The molecule has 0 amide bonds. The summed E-state index contributed by atoms with van der Waals surface area (Å²) in [4.78, 5) is 18.7. The molecule has 0 saturated heterocycles. The third kappa shape index (κ3) is 10.4. The van der Waals surface area contributed by atoms with E-state index in [0.717, 1.165) is 23.0 Å². The lowest BCUT2D eigenvalue weighted by Crippen LogP contribution is -2.04. The van der Waals surface area contributed by atoms with Gasteiger partial charge in [0.15, 0.2) is 5.65 Å². The first-order valence-electron chi connectivity index (χ1n) is 22.6. The predicted molar refractivity (Wildman–Crippen MR) is 257 cm³/mol. The van der Waals surface area contributed by atoms with Crippen LogP contribution in [0, 0.1) is 6.92 Å². The largest absolute Gasteiger partial charge is 0.303 e. The van der Waals surface area contributed by atoms with Gasteiger partial charge in [0.25, 0.3) is 0 Å². The minimum Gasteiger partial charge on any atom is -0.303 e. The molecule has 0 atom stereocenters. The van der Waals surface area contributed by atoms with Crippen molar-refractivity contribution in [3.8, 4) is 0 Å². The van der Waals surface area contributed by atoms with Gasteiger partial charge in [0.2, 0.25) is 0 Å². The van der Waals surface area contributed by atoms with Gasteiger partial charge in [-0.3, -0.25) is 0 Å². The summed E-state index contributed by atoms with van der Waals surface area (Å²) in [5.74, 6) is 6.76. The van der Waals surface area contributed by atoms with Crippen molar-refractivity contribution in [3.63, 3.8) is 0 Å². The summed E-state index contributed by atoms with van der Waals surface area (Å²) < 4.78 is 8.65. The molecule has 9 nitrogen and oxygen atoms in total. The molecule has 0 aromatic carbocycles. The van der Waals surface area contributed by atoms with Gasteiger partial charge in [-0.15, -0.1) is 0 Å². The smallest absolute Gasteiger partial charge is 0.158 e. The summed E-state index contributed by atoms with van der Waals surface area (Å²) >= 11 is 0. The Morgan fingerprint density at radius 1 is 0.426 bits per heavy atom. The summed E-state index contributed by atoms with van der Waals surface area (Å²) in [6.07, 6.45) is 8.17. The Morgan fingerprint density at radius 2 is 0.852 bits per heavy atom. The van der Waals surface area contributed by atoms with Crippen molar-refractivity contribution in [2.45, 2.75) is 165 Å². The van der Waals surface area contributed by atoms with Crippen LogP contribution in [0.25, 0.3) is 27.6 Å². The van der Waals surface area contributed by atoms with Crippen molar-refractivity contribution in [1.29, 1.82) is 0 Å². The fourth-order valence-electron chi connectivity index (χ4n) is 7.69. The Labute approximate surface area is 365 Å². The van der Waals surface area contributed by atoms with Crippen molar-refractivity contribution >= 4 is 27.6 Å². The quantitative estimate of drug-likeness (QED) is 0.152. The van der Waals surface area contributed by atoms with E-state index in [-0.39, 0.29) is 0 Å². The monoisotopic (exact) mass is 824 g/mol. The highest BCUT2D eigenvalue weighted by molar-refractivity contribution is 5.78. The molecule has 8 aromatic heterocycles. The number of pyridine rings is 4. The number of imidazole rings is 3. The lowest BCUT2D eigenvalue weighted by atomic mass is 10.1. The first-order chi connectivity index (χ1) is 28.8. The zero-order valence-corrected chi connectivity index (χ0v) is 40.2. The van der Waals surface area contributed by atoms with E-state index in [1.165, 1.54) is 50.4 Å². The van der Waals surface area contributed by atoms with E-state index < -0.39 is 0 Å². The van der Waals surface area contributed by atoms with Gasteiger partial charge in [-0.25, -0.2) is 24.6 Å². The molecule has 326 valence electrons. The number of aromatic nitrogens is 9. The molecule has 0 unspecified atom stereocenters. The molecular weight excluding hydrogens is 751 g/mol. The Morgan fingerprint density at radius 3 is 1.26 bits per heavy atom. The predicted octanol–water partition coefficient (Wildman–Crippen LogP) is 14.2. The van der Waals surface area contributed by atoms with E-state index in [1.807, 2.05) is 16.9 Å². The maximum atomic E-state index is 4.79. The van der Waals surface area contributed by atoms with Crippen molar-refractivity contribution in [1.82, 2.24) is 42.9 Å². The minimum atomic E-state index is 0.356. The van der Waals surface area contributed by atoms with Gasteiger partial charge in [-0.1, -0.05) is 109 Å². The number of fused-ring (bicyclic) bond motifs is 4. The zero-order valence-electron chi connectivity index (χ0n) is 40.2. The molecule has 0 spiro atoms. The van der Waals surface area contributed by atoms with Gasteiger partial charge in [-0.05, 0) is 98.5 Å². The molecule has 8 rings (SSSR count). The second-order valence-corrected chi connectivity index (χ2v) is 18.8. The van der Waals surface area contributed by atoms with Crippen LogP contribution in [0.2, 0.25) is 0 Å². The number of rotatable bonds is 8. The molecule has 0 aliphatic carbocycles. The molecule has 0 saturated carbocycles. The molecule has 0 radical (unpaired) electrons. The van der Waals surface area contributed by atoms with Gasteiger partial charge in [0.05, 0.1) is 39.3 Å². The van der Waals surface area contributed by atoms with Crippen molar-refractivity contribution in [3.05, 3.63) is 131 Å². The Kier molecular flexibility index (Phi) is 15.4. The SMILES string of the molecule is CC(C)c1nc(C(C)C)n2ccccc12.CC(C)c1nc(C(C)C)n2ccccc12.CC(C)c1nn(C(C)C)c2ncccc12.Cc1ccn2c(C(C)C)nc(C(C)C)c2c1. The van der Waals surface area contributed by atoms with E-state index in [2.05, 4.69) is 214 Å². The molecule has 61 heavy (non-hydrogen) atoms. The van der Waals surface area contributed by atoms with Crippen LogP contribution in [-0.2, 0) is 0 Å². The van der Waals surface area contributed by atoms with Gasteiger partial charge in [0.1, 0.15) is 17.5 Å². The Hall–Kier alpha value is -5.31. The fourth-order valence-corrected chi connectivity index (χ4v) is 7.69. The zero-order chi connectivity index (χ0) is 44.9. The fraction of sp³-hybridized carbons (Fsp3) is 0.481. The summed E-state index contributed by atoms with van der Waals surface area (Å²) in [5, 5.41) is 5.82. The lowest BCUT2D eigenvalue weighted by Gasteiger charge is -2.05. The van der Waals surface area contributed by atoms with Crippen LogP contribution in [0.15, 0.2) is 85.5 Å². The van der Waals surface area contributed by atoms with Gasteiger partial charge < -0.3 is 13.2 Å². The number of nitrogens with zero attached hydrogens (tertiary/aromatic N) is 9. The van der Waals surface area contributed by atoms with E-state index in [9.17, 15) is 0 Å². The highest BCUT2D eigenvalue weighted by Gasteiger charge is 2.18. The number of hydrogen-bond donors (Lipinski definition) is 0. The molecule has 9 heteroatoms. The number of aryl methyl sites for hydroxylation is 1. The molecule has 0 fully saturated rings. The molecule has 0 aliphatic rings. The lowest BCUT2D eigenvalue weighted by molar-refractivity contribution is 0.535. The standard InChI is InChI=1S/C14H20N2.2C13H18N2.C12H17N3/c1-9(2)13-12-8-11(5)6-7-16(12)14(15-13)10(3)4;2*1-9(2)12-11-7-5-6-8-15(11)13(14-12)10(3)4;1-8(2)11-10-6-5-7-13-12(10)15(14-11)9(3)4/h6-10H,1-5H3;2*5-10H,1-4H3;5-9H,1-4H3. The van der Waals surface area contributed by atoms with Crippen LogP contribution in [-0.4, -0.2) is 42.9 Å². The first kappa shape index (κ1) is 46.8. The summed E-state index contributed by atoms with van der Waals surface area (Å²) in [6.45, 7) is 37.0. The highest BCUT2D eigenvalue weighted by Crippen LogP contribution is 2.28. The summed E-state index contributed by atoms with van der Waals surface area (Å²) in [6, 6.07) is 21.4. The molecular formula is C52H73N9. The summed E-state index contributed by atoms with van der Waals surface area (Å²) in [7, 11) is 0. The molecule has 8 heterocycles. The average Bonchev–Trinajstić information content (AvgIpc) is 3.99. The topological polar surface area (TPSA) is 82.6 Å². The van der Waals surface area contributed by atoms with Gasteiger partial charge in [-0.2, -0.15) is 5.10 Å². The van der Waals surface area contributed by atoms with E-state index in [4.69, 9.17) is 15.0 Å². The van der Waals surface area contributed by atoms with Crippen LogP contribution < -0.4 is 0 Å². The molecule has 0 N–H and O–H groups in total. The van der Waals surface area contributed by atoms with Crippen molar-refractivity contribution in [2.24, 2.45) is 0 Å². The molecule has 0 aliphatic heterocycles. The maximum Gasteiger partial charge on any atom is 0.158 e. The third-order valence-electron chi connectivity index (χ3n) is 10.8. The van der Waals surface area contributed by atoms with Crippen LogP contribution in [0.3, 0.4) is 0 Å². The van der Waals surface area contributed by atoms with E-state index in [0.29, 0.717) is 47.5 Å². The minimum absolute atomic E-state index is 0.356. The highest BCUT2D eigenvalue weighted by atomic mass is 15.3. The van der Waals surface area contributed by atoms with Gasteiger partial charge >= 0.3 is 0 Å². The maximum absolute atomic E-state index is 4.79. The molecule has 0 bridgehead atoms. The van der Waals surface area contributed by atoms with Crippen molar-refractivity contribution in [2.75, 3.05) is 0 Å². The average molecular weight is 824 g/mol. The molecule has 8 aromatic rings. The van der Waals surface area contributed by atoms with Gasteiger partial charge in [0, 0.05) is 54.0 Å². The summed E-state index contributed by atoms with van der Waals surface area (Å²) in [5.41, 5.74) is 10.8. The van der Waals surface area contributed by atoms with Crippen LogP contribution in [0.1, 0.15) is 204 Å². The van der Waals surface area contributed by atoms with E-state index in [1.54, 1.807) is 0 Å². The first-order valence-corrected chi connectivity index (χ1v) is 22.6. The Balaban J connectivity index is 0.000000154. The normalized spacial score (nSPS) is 11.9. The Bertz CT molecular complexity index is 2300. The van der Waals surface area contributed by atoms with Crippen LogP contribution in [0.4, 0.5) is 0 Å². The second kappa shape index (κ2) is 20.0. The number of hydrogen-bond acceptors (Lipinski definition) is 5. The third-order valence-corrected chi connectivity index (χ3v) is 10.8. The van der Waals surface area contributed by atoms with E-state index >= 15 is 0 Å².